The first kappa shape index (κ1) is 10.1. The lowest BCUT2D eigenvalue weighted by atomic mass is 9.54. The number of rotatable bonds is 3. The number of aliphatic hydroxyl groups excluding tert-OH is 1. The molecule has 0 heterocycles. The van der Waals surface area contributed by atoms with Crippen molar-refractivity contribution in [3.05, 3.63) is 0 Å². The minimum Gasteiger partial charge on any atom is -0.395 e. The molecule has 4 rings (SSSR count). The minimum absolute atomic E-state index is 0.281. The van der Waals surface area contributed by atoms with Crippen LogP contribution in [0.1, 0.15) is 39.0 Å². The van der Waals surface area contributed by atoms with Crippen molar-refractivity contribution in [1.82, 2.24) is 5.32 Å². The van der Waals surface area contributed by atoms with E-state index in [0.717, 1.165) is 29.7 Å². The highest BCUT2D eigenvalue weighted by Gasteiger charge is 2.48. The predicted octanol–water partition coefficient (Wildman–Crippen LogP) is 1.78. The van der Waals surface area contributed by atoms with Crippen molar-refractivity contribution >= 4 is 0 Å². The van der Waals surface area contributed by atoms with E-state index >= 15 is 0 Å². The van der Waals surface area contributed by atoms with Gasteiger partial charge in [-0.3, -0.25) is 0 Å². The summed E-state index contributed by atoms with van der Waals surface area (Å²) in [6.07, 6.45) is 7.37. The van der Waals surface area contributed by atoms with E-state index < -0.39 is 0 Å². The molecule has 4 bridgehead atoms. The van der Waals surface area contributed by atoms with Crippen LogP contribution in [0.5, 0.6) is 0 Å². The van der Waals surface area contributed by atoms with E-state index in [1.54, 1.807) is 0 Å². The molecule has 4 fully saturated rings. The summed E-state index contributed by atoms with van der Waals surface area (Å²) in [6.45, 7) is 2.38. The van der Waals surface area contributed by atoms with Crippen LogP contribution in [0.15, 0.2) is 0 Å². The molecule has 0 aliphatic heterocycles. The van der Waals surface area contributed by atoms with Gasteiger partial charge in [-0.25, -0.2) is 0 Å². The molecule has 4 saturated carbocycles. The zero-order valence-corrected chi connectivity index (χ0v) is 9.65. The molecule has 2 heteroatoms. The number of nitrogens with one attached hydrogen (secondary N) is 1. The molecule has 0 spiro atoms. The van der Waals surface area contributed by atoms with Crippen molar-refractivity contribution < 1.29 is 5.11 Å². The standard InChI is InChI=1S/C13H23NO/c1-8(7-15)14-13-11-3-9-2-10(5-11)6-12(13)4-9/h8-15H,2-7H2,1H3. The Morgan fingerprint density at radius 1 is 1.07 bits per heavy atom. The first-order chi connectivity index (χ1) is 7.26. The third-order valence-electron chi connectivity index (χ3n) is 4.98. The Labute approximate surface area is 92.4 Å². The van der Waals surface area contributed by atoms with Crippen LogP contribution in [0, 0.1) is 23.7 Å². The van der Waals surface area contributed by atoms with Gasteiger partial charge in [-0.2, -0.15) is 0 Å². The minimum atomic E-state index is 0.281. The lowest BCUT2D eigenvalue weighted by Crippen LogP contribution is -2.56. The van der Waals surface area contributed by atoms with Crippen molar-refractivity contribution in [3.8, 4) is 0 Å². The fourth-order valence-corrected chi connectivity index (χ4v) is 4.58. The maximum Gasteiger partial charge on any atom is 0.0582 e. The van der Waals surface area contributed by atoms with Crippen LogP contribution in [-0.4, -0.2) is 23.8 Å². The summed E-state index contributed by atoms with van der Waals surface area (Å²) in [7, 11) is 0. The van der Waals surface area contributed by atoms with Gasteiger partial charge < -0.3 is 10.4 Å². The molecule has 15 heavy (non-hydrogen) atoms. The Morgan fingerprint density at radius 2 is 1.60 bits per heavy atom. The molecule has 0 aromatic rings. The molecule has 1 unspecified atom stereocenters. The van der Waals surface area contributed by atoms with Crippen molar-refractivity contribution in [2.75, 3.05) is 6.61 Å². The van der Waals surface area contributed by atoms with Gasteiger partial charge in [-0.15, -0.1) is 0 Å². The molecule has 0 aromatic carbocycles. The molecule has 1 atom stereocenters. The van der Waals surface area contributed by atoms with E-state index in [-0.39, 0.29) is 12.6 Å². The Morgan fingerprint density at radius 3 is 2.07 bits per heavy atom. The van der Waals surface area contributed by atoms with Crippen molar-refractivity contribution in [3.63, 3.8) is 0 Å². The molecule has 2 nitrogen and oxygen atoms in total. The van der Waals surface area contributed by atoms with Crippen LogP contribution in [-0.2, 0) is 0 Å². The Balaban J connectivity index is 1.69. The molecule has 4 aliphatic carbocycles. The Bertz CT molecular complexity index is 213. The highest BCUT2D eigenvalue weighted by Crippen LogP contribution is 2.53. The van der Waals surface area contributed by atoms with Crippen LogP contribution in [0.4, 0.5) is 0 Å². The fraction of sp³-hybridized carbons (Fsp3) is 1.00. The molecule has 0 radical (unpaired) electrons. The van der Waals surface area contributed by atoms with Crippen LogP contribution in [0.2, 0.25) is 0 Å². The number of aliphatic hydroxyl groups is 1. The molecule has 0 amide bonds. The molecular formula is C13H23NO. The van der Waals surface area contributed by atoms with Crippen molar-refractivity contribution in [2.45, 2.75) is 51.1 Å². The van der Waals surface area contributed by atoms with Gasteiger partial charge in [0.15, 0.2) is 0 Å². The molecule has 86 valence electrons. The Hall–Kier alpha value is -0.0800. The van der Waals surface area contributed by atoms with E-state index in [0.29, 0.717) is 0 Å². The van der Waals surface area contributed by atoms with Crippen molar-refractivity contribution in [1.29, 1.82) is 0 Å². The van der Waals surface area contributed by atoms with Gasteiger partial charge in [-0.1, -0.05) is 0 Å². The van der Waals surface area contributed by atoms with Crippen LogP contribution >= 0.6 is 0 Å². The van der Waals surface area contributed by atoms with Gasteiger partial charge in [0.1, 0.15) is 0 Å². The molecule has 2 N–H and O–H groups in total. The van der Waals surface area contributed by atoms with Gasteiger partial charge in [0, 0.05) is 12.1 Å². The topological polar surface area (TPSA) is 32.3 Å². The average Bonchev–Trinajstić information content (AvgIpc) is 2.22. The van der Waals surface area contributed by atoms with Gasteiger partial charge in [0.25, 0.3) is 0 Å². The maximum atomic E-state index is 9.13. The van der Waals surface area contributed by atoms with Gasteiger partial charge in [0.05, 0.1) is 6.61 Å². The van der Waals surface area contributed by atoms with E-state index in [1.165, 1.54) is 32.1 Å². The smallest absolute Gasteiger partial charge is 0.0582 e. The van der Waals surface area contributed by atoms with E-state index in [4.69, 9.17) is 5.11 Å². The quantitative estimate of drug-likeness (QED) is 0.742. The second-order valence-electron chi connectivity index (χ2n) is 6.21. The molecular weight excluding hydrogens is 186 g/mol. The van der Waals surface area contributed by atoms with Crippen LogP contribution < -0.4 is 5.32 Å². The van der Waals surface area contributed by atoms with E-state index in [9.17, 15) is 0 Å². The van der Waals surface area contributed by atoms with E-state index in [2.05, 4.69) is 12.2 Å². The third kappa shape index (κ3) is 1.72. The van der Waals surface area contributed by atoms with Gasteiger partial charge in [0.2, 0.25) is 0 Å². The second kappa shape index (κ2) is 3.74. The highest BCUT2D eigenvalue weighted by atomic mass is 16.3. The lowest BCUT2D eigenvalue weighted by Gasteiger charge is -2.55. The van der Waals surface area contributed by atoms with Crippen LogP contribution in [0.3, 0.4) is 0 Å². The SMILES string of the molecule is CC(CO)NC1C2CC3CC(C2)CC1C3. The zero-order chi connectivity index (χ0) is 10.4. The highest BCUT2D eigenvalue weighted by molar-refractivity contribution is 5.01. The summed E-state index contributed by atoms with van der Waals surface area (Å²) in [4.78, 5) is 0. The number of hydrogen-bond acceptors (Lipinski definition) is 2. The summed E-state index contributed by atoms with van der Waals surface area (Å²) in [6, 6.07) is 1.01. The normalized spacial score (nSPS) is 49.6. The van der Waals surface area contributed by atoms with Crippen molar-refractivity contribution in [2.24, 2.45) is 23.7 Å². The van der Waals surface area contributed by atoms with Gasteiger partial charge in [-0.05, 0) is 62.7 Å². The third-order valence-corrected chi connectivity index (χ3v) is 4.98. The monoisotopic (exact) mass is 209 g/mol. The van der Waals surface area contributed by atoms with Crippen LogP contribution in [0.25, 0.3) is 0 Å². The fourth-order valence-electron chi connectivity index (χ4n) is 4.58. The summed E-state index contributed by atoms with van der Waals surface area (Å²) >= 11 is 0. The molecule has 0 aromatic heterocycles. The van der Waals surface area contributed by atoms with Gasteiger partial charge >= 0.3 is 0 Å². The summed E-state index contributed by atoms with van der Waals surface area (Å²) < 4.78 is 0. The summed E-state index contributed by atoms with van der Waals surface area (Å²) in [5, 5.41) is 12.8. The maximum absolute atomic E-state index is 9.13. The zero-order valence-electron chi connectivity index (χ0n) is 9.65. The average molecular weight is 209 g/mol. The molecule has 0 saturated heterocycles. The lowest BCUT2D eigenvalue weighted by molar-refractivity contribution is -0.0191. The molecule has 4 aliphatic rings. The first-order valence-corrected chi connectivity index (χ1v) is 6.63. The second-order valence-corrected chi connectivity index (χ2v) is 6.21. The van der Waals surface area contributed by atoms with E-state index in [1.807, 2.05) is 0 Å². The predicted molar refractivity (Wildman–Crippen MR) is 60.5 cm³/mol. The summed E-state index contributed by atoms with van der Waals surface area (Å²) in [5.74, 6) is 3.95. The largest absolute Gasteiger partial charge is 0.395 e. The number of hydrogen-bond donors (Lipinski definition) is 2. The first-order valence-electron chi connectivity index (χ1n) is 6.63. The summed E-state index contributed by atoms with van der Waals surface area (Å²) in [5.41, 5.74) is 0. The Kier molecular flexibility index (Phi) is 2.52.